The summed E-state index contributed by atoms with van der Waals surface area (Å²) in [5.74, 6) is 7.44. The molecule has 0 saturated heterocycles. The zero-order valence-electron chi connectivity index (χ0n) is 2.75. The lowest BCUT2D eigenvalue weighted by Gasteiger charge is -1.82. The van der Waals surface area contributed by atoms with Crippen molar-refractivity contribution in [3.8, 4) is 0 Å². The molecule has 0 aromatic carbocycles. The van der Waals surface area contributed by atoms with Gasteiger partial charge in [0.1, 0.15) is 0 Å². The van der Waals surface area contributed by atoms with Crippen molar-refractivity contribution in [3.63, 3.8) is 0 Å². The lowest BCUT2D eigenvalue weighted by Crippen LogP contribution is -2.28. The van der Waals surface area contributed by atoms with Crippen molar-refractivity contribution < 1.29 is 8.42 Å². The molecule has 0 aliphatic heterocycles. The Labute approximate surface area is 35.5 Å². The minimum Gasteiger partial charge on any atom is -0.215 e. The third-order valence-corrected chi connectivity index (χ3v) is 0.382. The van der Waals surface area contributed by atoms with Gasteiger partial charge in [-0.3, -0.25) is 0 Å². The van der Waals surface area contributed by atoms with Crippen molar-refractivity contribution in [3.05, 3.63) is 0 Å². The van der Waals surface area contributed by atoms with Crippen LogP contribution in [0.25, 0.3) is 0 Å². The summed E-state index contributed by atoms with van der Waals surface area (Å²) >= 11 is 0. The molecule has 3 N–H and O–H groups in total. The summed E-state index contributed by atoms with van der Waals surface area (Å²) in [4.78, 5) is 0.854. The molecule has 0 aromatic heterocycles. The van der Waals surface area contributed by atoms with Gasteiger partial charge in [0.05, 0.1) is 0 Å². The Kier molecular flexibility index (Phi) is 1.48. The largest absolute Gasteiger partial charge is 0.289 e. The molecule has 36 valence electrons. The Bertz CT molecular complexity index is 111. The van der Waals surface area contributed by atoms with E-state index in [0.29, 0.717) is 0 Å². The lowest BCUT2D eigenvalue weighted by molar-refractivity contribution is 0.584. The summed E-state index contributed by atoms with van der Waals surface area (Å²) in [7, 11) is -3.86. The Balaban J connectivity index is 3.85. The number of nitrogens with one attached hydrogen (secondary N) is 1. The number of hydrogen-bond donors (Lipinski definition) is 2. The molecule has 0 unspecified atom stereocenters. The van der Waals surface area contributed by atoms with Crippen molar-refractivity contribution in [2.45, 2.75) is 0 Å². The molecule has 6 heteroatoms. The van der Waals surface area contributed by atoms with Crippen LogP contribution in [0, 0.1) is 0 Å². The SMILES string of the molecule is [N]NS(N)(=O)=O. The first-order chi connectivity index (χ1) is 2.56. The van der Waals surface area contributed by atoms with Crippen LogP contribution in [-0.4, -0.2) is 8.42 Å². The van der Waals surface area contributed by atoms with E-state index in [2.05, 4.69) is 5.14 Å². The fourth-order valence-corrected chi connectivity index (χ4v) is 0. The Morgan fingerprint density at radius 1 is 1.67 bits per heavy atom. The van der Waals surface area contributed by atoms with Crippen LogP contribution in [0.2, 0.25) is 0 Å². The predicted molar refractivity (Wildman–Crippen MR) is 18.4 cm³/mol. The van der Waals surface area contributed by atoms with Gasteiger partial charge in [0, 0.05) is 0 Å². The third kappa shape index (κ3) is 3.83. The van der Waals surface area contributed by atoms with E-state index in [1.807, 2.05) is 0 Å². The number of nitrogens with two attached hydrogens (primary N) is 1. The van der Waals surface area contributed by atoms with E-state index >= 15 is 0 Å². The molecule has 0 fully saturated rings. The van der Waals surface area contributed by atoms with E-state index in [4.69, 9.17) is 5.84 Å². The van der Waals surface area contributed by atoms with E-state index in [1.54, 1.807) is 0 Å². The number of rotatable bonds is 1. The molecule has 0 heterocycles. The summed E-state index contributed by atoms with van der Waals surface area (Å²) in [5.41, 5.74) is 0. The summed E-state index contributed by atoms with van der Waals surface area (Å²) in [6.45, 7) is 0. The van der Waals surface area contributed by atoms with Crippen LogP contribution >= 0.6 is 0 Å². The van der Waals surface area contributed by atoms with E-state index in [1.165, 1.54) is 0 Å². The van der Waals surface area contributed by atoms with Gasteiger partial charge in [0.25, 0.3) is 10.2 Å². The molecule has 5 nitrogen and oxygen atoms in total. The molecule has 0 rings (SSSR count). The van der Waals surface area contributed by atoms with Crippen LogP contribution in [0.4, 0.5) is 0 Å². The molecule has 0 spiro atoms. The molecule has 0 bridgehead atoms. The van der Waals surface area contributed by atoms with Crippen LogP contribution in [0.15, 0.2) is 0 Å². The molecule has 0 aliphatic rings. The van der Waals surface area contributed by atoms with Gasteiger partial charge >= 0.3 is 0 Å². The van der Waals surface area contributed by atoms with Gasteiger partial charge in [-0.1, -0.05) is 0 Å². The summed E-state index contributed by atoms with van der Waals surface area (Å²) < 4.78 is 18.8. The van der Waals surface area contributed by atoms with Crippen LogP contribution in [0.3, 0.4) is 0 Å². The predicted octanol–water partition coefficient (Wildman–Crippen LogP) is -2.24. The molecule has 0 aromatic rings. The minimum absolute atomic E-state index is 0.854. The minimum atomic E-state index is -3.86. The average molecular weight is 109 g/mol. The van der Waals surface area contributed by atoms with Gasteiger partial charge in [0.15, 0.2) is 0 Å². The maximum atomic E-state index is 9.42. The Morgan fingerprint density at radius 3 is 1.83 bits per heavy atom. The number of hydrogen-bond acceptors (Lipinski definition) is 2. The molecular weight excluding hydrogens is 106 g/mol. The fraction of sp³-hybridized carbons (Fsp3) is 0. The Hall–Kier alpha value is -0.170. The maximum absolute atomic E-state index is 9.42. The van der Waals surface area contributed by atoms with Gasteiger partial charge in [-0.05, 0) is 5.84 Å². The second-order valence-corrected chi connectivity index (χ2v) is 1.91. The number of nitrogens with zero attached hydrogens (tertiary/aromatic N) is 1. The van der Waals surface area contributed by atoms with E-state index in [9.17, 15) is 8.42 Å². The van der Waals surface area contributed by atoms with Gasteiger partial charge in [0.2, 0.25) is 0 Å². The monoisotopic (exact) mass is 109 g/mol. The van der Waals surface area contributed by atoms with Crippen LogP contribution < -0.4 is 15.8 Å². The first kappa shape index (κ1) is 5.83. The van der Waals surface area contributed by atoms with E-state index in [-0.39, 0.29) is 0 Å². The summed E-state index contributed by atoms with van der Waals surface area (Å²) in [6.07, 6.45) is 0. The van der Waals surface area contributed by atoms with Crippen LogP contribution in [0.1, 0.15) is 0 Å². The Morgan fingerprint density at radius 2 is 1.83 bits per heavy atom. The van der Waals surface area contributed by atoms with Gasteiger partial charge in [-0.2, -0.15) is 8.42 Å². The van der Waals surface area contributed by atoms with Gasteiger partial charge < -0.3 is 0 Å². The topological polar surface area (TPSA) is 94.5 Å². The first-order valence-electron chi connectivity index (χ1n) is 0.997. The standard InChI is InChI=1S/H3N3O2S/c1-3-6(2,4)5/h3H,(H2,2,4,5). The molecule has 0 atom stereocenters. The van der Waals surface area contributed by atoms with Crippen LogP contribution in [-0.2, 0) is 10.2 Å². The van der Waals surface area contributed by atoms with Crippen LogP contribution in [0.5, 0.6) is 0 Å². The van der Waals surface area contributed by atoms with Gasteiger partial charge in [-0.15, -0.1) is 4.83 Å². The van der Waals surface area contributed by atoms with Crippen molar-refractivity contribution >= 4 is 10.2 Å². The lowest BCUT2D eigenvalue weighted by atomic mass is 13.0. The van der Waals surface area contributed by atoms with Crippen molar-refractivity contribution in [1.82, 2.24) is 10.7 Å². The van der Waals surface area contributed by atoms with Crippen molar-refractivity contribution in [2.75, 3.05) is 0 Å². The average Bonchev–Trinajstić information content (AvgIpc) is 1.35. The van der Waals surface area contributed by atoms with E-state index in [0.717, 1.165) is 4.83 Å². The quantitative estimate of drug-likeness (QED) is 0.372. The normalized spacial score (nSPS) is 11.7. The zero-order chi connectivity index (χ0) is 5.21. The summed E-state index contributed by atoms with van der Waals surface area (Å²) in [5, 5.41) is 4.15. The fourth-order valence-electron chi connectivity index (χ4n) is 0. The second kappa shape index (κ2) is 1.52. The third-order valence-electron chi connectivity index (χ3n) is 0.127. The zero-order valence-corrected chi connectivity index (χ0v) is 3.57. The molecule has 2 radical (unpaired) electrons. The van der Waals surface area contributed by atoms with E-state index < -0.39 is 10.2 Å². The highest BCUT2D eigenvalue weighted by atomic mass is 32.2. The summed E-state index contributed by atoms with van der Waals surface area (Å²) in [6, 6.07) is 0. The molecule has 6 heavy (non-hydrogen) atoms. The maximum Gasteiger partial charge on any atom is 0.289 e. The second-order valence-electron chi connectivity index (χ2n) is 0.636. The highest BCUT2D eigenvalue weighted by molar-refractivity contribution is 7.87. The molecule has 0 aliphatic carbocycles. The molecular formula is H3N3O2S. The molecule has 0 saturated carbocycles. The van der Waals surface area contributed by atoms with Crippen molar-refractivity contribution in [2.24, 2.45) is 5.14 Å². The highest BCUT2D eigenvalue weighted by Crippen LogP contribution is 1.52. The highest BCUT2D eigenvalue weighted by Gasteiger charge is 1.91. The smallest absolute Gasteiger partial charge is 0.215 e. The first-order valence-corrected chi connectivity index (χ1v) is 2.54. The van der Waals surface area contributed by atoms with Crippen molar-refractivity contribution in [1.29, 1.82) is 0 Å². The molecule has 0 amide bonds. The van der Waals surface area contributed by atoms with Gasteiger partial charge in [-0.25, -0.2) is 5.14 Å².